The van der Waals surface area contributed by atoms with E-state index in [0.29, 0.717) is 0 Å². The molecule has 0 aromatic heterocycles. The van der Waals surface area contributed by atoms with Crippen molar-refractivity contribution in [3.8, 4) is 0 Å². The van der Waals surface area contributed by atoms with Gasteiger partial charge in [0.1, 0.15) is 0 Å². The third-order valence-electron chi connectivity index (χ3n) is 3.25. The molecule has 5 heteroatoms. The summed E-state index contributed by atoms with van der Waals surface area (Å²) >= 11 is 3.46. The Morgan fingerprint density at radius 1 is 1.58 bits per heavy atom. The first-order chi connectivity index (χ1) is 8.65. The predicted molar refractivity (Wildman–Crippen MR) is 83.7 cm³/mol. The average Bonchev–Trinajstić information content (AvgIpc) is 2.81. The zero-order valence-electron chi connectivity index (χ0n) is 11.0. The van der Waals surface area contributed by atoms with E-state index in [1.807, 2.05) is 12.1 Å². The molecular weight excluding hydrogens is 328 g/mol. The lowest BCUT2D eigenvalue weighted by atomic mass is 10.0. The average molecular weight is 348 g/mol. The highest BCUT2D eigenvalue weighted by Crippen LogP contribution is 2.13. The fraction of sp³-hybridized carbons (Fsp3) is 0.500. The van der Waals surface area contributed by atoms with Crippen molar-refractivity contribution in [2.45, 2.75) is 25.8 Å². The molecule has 3 nitrogen and oxygen atoms in total. The summed E-state index contributed by atoms with van der Waals surface area (Å²) in [6.45, 7) is 3.83. The summed E-state index contributed by atoms with van der Waals surface area (Å²) in [5, 5.41) is 6.31. The Balaban J connectivity index is 0.00000180. The van der Waals surface area contributed by atoms with Crippen molar-refractivity contribution in [1.29, 1.82) is 0 Å². The molecule has 1 aromatic rings. The molecule has 0 saturated carbocycles. The lowest BCUT2D eigenvalue weighted by molar-refractivity contribution is -0.125. The van der Waals surface area contributed by atoms with Crippen LogP contribution in [0.3, 0.4) is 0 Å². The highest BCUT2D eigenvalue weighted by molar-refractivity contribution is 9.10. The van der Waals surface area contributed by atoms with Crippen molar-refractivity contribution in [2.24, 2.45) is 5.92 Å². The van der Waals surface area contributed by atoms with Gasteiger partial charge in [-0.1, -0.05) is 28.1 Å². The molecule has 2 atom stereocenters. The van der Waals surface area contributed by atoms with Gasteiger partial charge in [0.05, 0.1) is 5.92 Å². The van der Waals surface area contributed by atoms with Crippen molar-refractivity contribution >= 4 is 34.2 Å². The van der Waals surface area contributed by atoms with Gasteiger partial charge in [-0.2, -0.15) is 0 Å². The summed E-state index contributed by atoms with van der Waals surface area (Å²) in [5.74, 6) is 0.331. The van der Waals surface area contributed by atoms with Gasteiger partial charge in [0.2, 0.25) is 5.91 Å². The van der Waals surface area contributed by atoms with Crippen molar-refractivity contribution < 1.29 is 4.79 Å². The molecule has 2 N–H and O–H groups in total. The first-order valence-corrected chi connectivity index (χ1v) is 7.20. The number of amides is 1. The molecule has 1 fully saturated rings. The molecule has 0 bridgehead atoms. The number of hydrogen-bond acceptors (Lipinski definition) is 2. The first kappa shape index (κ1) is 16.5. The van der Waals surface area contributed by atoms with Crippen LogP contribution in [0, 0.1) is 5.92 Å². The predicted octanol–water partition coefficient (Wildman–Crippen LogP) is 2.53. The summed E-state index contributed by atoms with van der Waals surface area (Å²) < 4.78 is 1.08. The molecule has 2 unspecified atom stereocenters. The van der Waals surface area contributed by atoms with E-state index in [1.165, 1.54) is 5.56 Å². The van der Waals surface area contributed by atoms with Crippen molar-refractivity contribution in [3.63, 3.8) is 0 Å². The number of carbonyl (C=O) groups is 1. The Kier molecular flexibility index (Phi) is 6.83. The van der Waals surface area contributed by atoms with Crippen LogP contribution in [0.1, 0.15) is 18.9 Å². The van der Waals surface area contributed by atoms with Gasteiger partial charge in [0, 0.05) is 17.1 Å². The Morgan fingerprint density at radius 3 is 3.00 bits per heavy atom. The molecule has 1 aromatic carbocycles. The standard InChI is InChI=1S/C14H19BrN2O.ClH/c1-10(7-11-3-2-4-13(15)8-11)17-14(18)12-5-6-16-9-12;/h2-4,8,10,12,16H,5-7,9H2,1H3,(H,17,18);1H. The van der Waals surface area contributed by atoms with E-state index in [1.54, 1.807) is 0 Å². The fourth-order valence-corrected chi connectivity index (χ4v) is 2.75. The Hall–Kier alpha value is -0.580. The second-order valence-electron chi connectivity index (χ2n) is 4.93. The molecule has 19 heavy (non-hydrogen) atoms. The fourth-order valence-electron chi connectivity index (χ4n) is 2.31. The highest BCUT2D eigenvalue weighted by atomic mass is 79.9. The number of benzene rings is 1. The molecule has 106 valence electrons. The molecule has 1 aliphatic rings. The van der Waals surface area contributed by atoms with Crippen molar-refractivity contribution in [2.75, 3.05) is 13.1 Å². The van der Waals surface area contributed by atoms with Gasteiger partial charge in [0.25, 0.3) is 0 Å². The summed E-state index contributed by atoms with van der Waals surface area (Å²) in [6, 6.07) is 8.39. The van der Waals surface area contributed by atoms with Gasteiger partial charge in [-0.15, -0.1) is 12.4 Å². The van der Waals surface area contributed by atoms with Gasteiger partial charge < -0.3 is 10.6 Å². The number of rotatable bonds is 4. The summed E-state index contributed by atoms with van der Waals surface area (Å²) in [5.41, 5.74) is 1.24. The first-order valence-electron chi connectivity index (χ1n) is 6.40. The van der Waals surface area contributed by atoms with Crippen LogP contribution in [-0.2, 0) is 11.2 Å². The Morgan fingerprint density at radius 2 is 2.37 bits per heavy atom. The minimum absolute atomic E-state index is 0. The largest absolute Gasteiger partial charge is 0.353 e. The maximum atomic E-state index is 12.0. The molecule has 2 rings (SSSR count). The zero-order chi connectivity index (χ0) is 13.0. The zero-order valence-corrected chi connectivity index (χ0v) is 13.4. The van der Waals surface area contributed by atoms with Crippen LogP contribution >= 0.6 is 28.3 Å². The van der Waals surface area contributed by atoms with E-state index in [4.69, 9.17) is 0 Å². The third-order valence-corrected chi connectivity index (χ3v) is 3.74. The Bertz CT molecular complexity index is 422. The second kappa shape index (κ2) is 7.88. The molecule has 1 saturated heterocycles. The van der Waals surface area contributed by atoms with Crippen molar-refractivity contribution in [3.05, 3.63) is 34.3 Å². The highest BCUT2D eigenvalue weighted by Gasteiger charge is 2.23. The van der Waals surface area contributed by atoms with Gasteiger partial charge in [-0.25, -0.2) is 0 Å². The minimum Gasteiger partial charge on any atom is -0.353 e. The molecule has 0 aliphatic carbocycles. The van der Waals surface area contributed by atoms with E-state index in [2.05, 4.69) is 45.6 Å². The lowest BCUT2D eigenvalue weighted by Gasteiger charge is -2.16. The van der Waals surface area contributed by atoms with E-state index in [0.717, 1.165) is 30.4 Å². The van der Waals surface area contributed by atoms with E-state index >= 15 is 0 Å². The van der Waals surface area contributed by atoms with Crippen LogP contribution in [-0.4, -0.2) is 25.0 Å². The number of nitrogens with one attached hydrogen (secondary N) is 2. The van der Waals surface area contributed by atoms with E-state index in [-0.39, 0.29) is 30.3 Å². The van der Waals surface area contributed by atoms with Crippen molar-refractivity contribution in [1.82, 2.24) is 10.6 Å². The van der Waals surface area contributed by atoms with Crippen LogP contribution in [0.4, 0.5) is 0 Å². The minimum atomic E-state index is 0. The van der Waals surface area contributed by atoms with E-state index < -0.39 is 0 Å². The maximum Gasteiger partial charge on any atom is 0.224 e. The smallest absolute Gasteiger partial charge is 0.224 e. The topological polar surface area (TPSA) is 41.1 Å². The van der Waals surface area contributed by atoms with Crippen LogP contribution < -0.4 is 10.6 Å². The van der Waals surface area contributed by atoms with E-state index in [9.17, 15) is 4.79 Å². The third kappa shape index (κ3) is 5.13. The second-order valence-corrected chi connectivity index (χ2v) is 5.85. The quantitative estimate of drug-likeness (QED) is 0.879. The number of carbonyl (C=O) groups excluding carboxylic acids is 1. The SMILES string of the molecule is CC(Cc1cccc(Br)c1)NC(=O)C1CCNC1.Cl. The van der Waals surface area contributed by atoms with Crippen LogP contribution in [0.15, 0.2) is 28.7 Å². The van der Waals surface area contributed by atoms with Gasteiger partial charge in [-0.05, 0) is 44.0 Å². The van der Waals surface area contributed by atoms with Crippen LogP contribution in [0.5, 0.6) is 0 Å². The molecule has 1 aliphatic heterocycles. The Labute approximate surface area is 129 Å². The van der Waals surface area contributed by atoms with Gasteiger partial charge >= 0.3 is 0 Å². The number of hydrogen-bond donors (Lipinski definition) is 2. The maximum absolute atomic E-state index is 12.0. The van der Waals surface area contributed by atoms with Gasteiger partial charge in [-0.3, -0.25) is 4.79 Å². The molecule has 0 radical (unpaired) electrons. The molecular formula is C14H20BrClN2O. The molecule has 0 spiro atoms. The molecule has 1 heterocycles. The summed E-state index contributed by atoms with van der Waals surface area (Å²) in [4.78, 5) is 12.0. The van der Waals surface area contributed by atoms with Crippen LogP contribution in [0.25, 0.3) is 0 Å². The van der Waals surface area contributed by atoms with Crippen LogP contribution in [0.2, 0.25) is 0 Å². The summed E-state index contributed by atoms with van der Waals surface area (Å²) in [6.07, 6.45) is 1.82. The summed E-state index contributed by atoms with van der Waals surface area (Å²) in [7, 11) is 0. The van der Waals surface area contributed by atoms with Gasteiger partial charge in [0.15, 0.2) is 0 Å². The number of halogens is 2. The monoisotopic (exact) mass is 346 g/mol. The molecule has 1 amide bonds. The normalized spacial score (nSPS) is 19.6. The lowest BCUT2D eigenvalue weighted by Crippen LogP contribution is -2.39.